The van der Waals surface area contributed by atoms with Crippen LogP contribution in [0.1, 0.15) is 16.7 Å². The maximum atomic E-state index is 14.0. The largest absolute Gasteiger partial charge is 0.466 e. The van der Waals surface area contributed by atoms with Gasteiger partial charge in [0, 0.05) is 11.6 Å². The highest BCUT2D eigenvalue weighted by molar-refractivity contribution is 7.97. The molecule has 1 heterocycles. The zero-order valence-electron chi connectivity index (χ0n) is 22.1. The van der Waals surface area contributed by atoms with E-state index >= 15 is 0 Å². The lowest BCUT2D eigenvalue weighted by atomic mass is 10.0. The fourth-order valence-corrected chi connectivity index (χ4v) is 10.3. The maximum Gasteiger partial charge on any atom is 0.355 e. The predicted molar refractivity (Wildman–Crippen MR) is 156 cm³/mol. The van der Waals surface area contributed by atoms with Crippen LogP contribution in [0.4, 0.5) is 0 Å². The van der Waals surface area contributed by atoms with Gasteiger partial charge in [-0.3, -0.25) is 4.79 Å². The second kappa shape index (κ2) is 10.6. The summed E-state index contributed by atoms with van der Waals surface area (Å²) in [6.07, 6.45) is 1.29. The Labute approximate surface area is 229 Å². The van der Waals surface area contributed by atoms with E-state index in [4.69, 9.17) is 9.47 Å². The number of ketones is 1. The third kappa shape index (κ3) is 4.48. The molecule has 5 rings (SSSR count). The monoisotopic (exact) mass is 537 g/mol. The van der Waals surface area contributed by atoms with E-state index in [1.54, 1.807) is 0 Å². The Bertz CT molecular complexity index is 1440. The fraction of sp³-hybridized carbons (Fsp3) is 0.152. The lowest BCUT2D eigenvalue weighted by Gasteiger charge is -2.38. The molecule has 0 amide bonds. The van der Waals surface area contributed by atoms with Gasteiger partial charge in [-0.15, -0.1) is 0 Å². The molecule has 0 fully saturated rings. The summed E-state index contributed by atoms with van der Waals surface area (Å²) in [5, 5.41) is 14.7. The fourth-order valence-electron chi connectivity index (χ4n) is 5.46. The van der Waals surface area contributed by atoms with Gasteiger partial charge in [0.05, 0.1) is 7.11 Å². The highest BCUT2D eigenvalue weighted by Crippen LogP contribution is 2.64. The molecule has 1 aliphatic heterocycles. The number of aliphatic hydroxyl groups is 1. The van der Waals surface area contributed by atoms with Crippen molar-refractivity contribution in [3.63, 3.8) is 0 Å². The van der Waals surface area contributed by atoms with Gasteiger partial charge in [-0.2, -0.15) is 0 Å². The maximum absolute atomic E-state index is 14.0. The van der Waals surface area contributed by atoms with Crippen molar-refractivity contribution in [1.82, 2.24) is 0 Å². The first kappa shape index (κ1) is 26.6. The molecule has 0 spiro atoms. The summed E-state index contributed by atoms with van der Waals surface area (Å²) in [4.78, 5) is 27.8. The van der Waals surface area contributed by atoms with Crippen molar-refractivity contribution in [3.05, 3.63) is 132 Å². The number of aryl methyl sites for hydroxylation is 2. The molecule has 0 saturated heterocycles. The zero-order chi connectivity index (χ0) is 27.6. The van der Waals surface area contributed by atoms with Crippen molar-refractivity contribution in [2.45, 2.75) is 25.3 Å². The topological polar surface area (TPSA) is 72.8 Å². The van der Waals surface area contributed by atoms with Gasteiger partial charge >= 0.3 is 11.8 Å². The third-order valence-electron chi connectivity index (χ3n) is 7.20. The summed E-state index contributed by atoms with van der Waals surface area (Å²) < 4.78 is 11.6. The number of methoxy groups -OCH3 is 1. The Morgan fingerprint density at radius 1 is 0.821 bits per heavy atom. The summed E-state index contributed by atoms with van der Waals surface area (Å²) in [6, 6.07) is 34.4. The van der Waals surface area contributed by atoms with Gasteiger partial charge in [0.2, 0.25) is 5.78 Å². The Balaban J connectivity index is 1.80. The number of carbonyl (C=O) groups excluding carboxylic acids is 2. The molecule has 4 aromatic carbocycles. The highest BCUT2D eigenvalue weighted by Gasteiger charge is 2.70. The Kier molecular flexibility index (Phi) is 7.22. The lowest BCUT2D eigenvalue weighted by molar-refractivity contribution is -0.179. The van der Waals surface area contributed by atoms with Gasteiger partial charge in [0.15, 0.2) is 0 Å². The zero-order valence-corrected chi connectivity index (χ0v) is 23.0. The van der Waals surface area contributed by atoms with Crippen LogP contribution in [-0.2, 0) is 19.1 Å². The molecule has 5 nitrogen and oxygen atoms in total. The highest BCUT2D eigenvalue weighted by atomic mass is 31.2. The van der Waals surface area contributed by atoms with Crippen LogP contribution in [0.15, 0.2) is 115 Å². The first-order chi connectivity index (χ1) is 18.8. The minimum Gasteiger partial charge on any atom is -0.466 e. The van der Waals surface area contributed by atoms with E-state index in [9.17, 15) is 14.7 Å². The average Bonchev–Trinajstić information content (AvgIpc) is 3.26. The molecule has 4 aromatic rings. The Morgan fingerprint density at radius 2 is 1.31 bits per heavy atom. The summed E-state index contributed by atoms with van der Waals surface area (Å²) >= 11 is 0. The van der Waals surface area contributed by atoms with Crippen LogP contribution in [0.5, 0.6) is 0 Å². The van der Waals surface area contributed by atoms with Gasteiger partial charge in [0.25, 0.3) is 5.66 Å². The van der Waals surface area contributed by atoms with Crippen molar-refractivity contribution in [2.24, 2.45) is 0 Å². The second-order valence-corrected chi connectivity index (χ2v) is 13.2. The number of hydrogen-bond donors (Lipinski definition) is 1. The molecule has 0 aliphatic carbocycles. The van der Waals surface area contributed by atoms with Crippen LogP contribution in [0.3, 0.4) is 0 Å². The van der Waals surface area contributed by atoms with Crippen molar-refractivity contribution < 1.29 is 24.2 Å². The lowest BCUT2D eigenvalue weighted by Crippen LogP contribution is -2.58. The van der Waals surface area contributed by atoms with E-state index in [1.165, 1.54) is 13.2 Å². The van der Waals surface area contributed by atoms with E-state index in [0.717, 1.165) is 27.0 Å². The van der Waals surface area contributed by atoms with E-state index in [-0.39, 0.29) is 5.76 Å². The molecule has 1 N–H and O–H groups in total. The van der Waals surface area contributed by atoms with E-state index in [0.29, 0.717) is 5.56 Å². The Morgan fingerprint density at radius 3 is 1.74 bits per heavy atom. The quantitative estimate of drug-likeness (QED) is 0.278. The number of rotatable bonds is 7. The standard InChI is InChI=1S/C33H30O5P/c1-23-19-20-28(24(2)21-23)29-22-30(34)33(36,38-29)31(32(35)37-3)39(25-13-7-4-8-14-25,26-15-9-5-10-16-26)27-17-11-6-12-18-27/h4-22,31,36H,1-3H3/q+1. The van der Waals surface area contributed by atoms with Crippen molar-refractivity contribution >= 4 is 40.7 Å². The van der Waals surface area contributed by atoms with Crippen molar-refractivity contribution in [3.8, 4) is 0 Å². The van der Waals surface area contributed by atoms with E-state index in [1.807, 2.05) is 123 Å². The van der Waals surface area contributed by atoms with Gasteiger partial charge in [0.1, 0.15) is 28.9 Å². The van der Waals surface area contributed by atoms with Gasteiger partial charge < -0.3 is 14.6 Å². The predicted octanol–water partition coefficient (Wildman–Crippen LogP) is 4.47. The van der Waals surface area contributed by atoms with Crippen LogP contribution >= 0.6 is 7.26 Å². The Hall–Kier alpha value is -4.05. The molecule has 196 valence electrons. The summed E-state index contributed by atoms with van der Waals surface area (Å²) in [5.41, 5.74) is 1.24. The van der Waals surface area contributed by atoms with Crippen LogP contribution in [0, 0.1) is 13.8 Å². The summed E-state index contributed by atoms with van der Waals surface area (Å²) in [6.45, 7) is 3.90. The van der Waals surface area contributed by atoms with Gasteiger partial charge in [-0.1, -0.05) is 78.4 Å². The first-order valence-electron chi connectivity index (χ1n) is 12.7. The van der Waals surface area contributed by atoms with E-state index < -0.39 is 30.5 Å². The SMILES string of the molecule is COC(=O)C(C1(O)OC(c2ccc(C)cc2C)=CC1=O)[P+](c1ccccc1)(c1ccccc1)c1ccccc1. The summed E-state index contributed by atoms with van der Waals surface area (Å²) in [7, 11) is -1.86. The molecule has 39 heavy (non-hydrogen) atoms. The molecular formula is C33H30O5P+. The molecule has 1 aliphatic rings. The molecule has 0 aromatic heterocycles. The normalized spacial score (nSPS) is 17.7. The third-order valence-corrected chi connectivity index (χ3v) is 11.9. The number of hydrogen-bond acceptors (Lipinski definition) is 5. The van der Waals surface area contributed by atoms with E-state index in [2.05, 4.69) is 0 Å². The number of carbonyl (C=O) groups is 2. The van der Waals surface area contributed by atoms with Crippen molar-refractivity contribution in [2.75, 3.05) is 7.11 Å². The number of benzene rings is 4. The summed E-state index contributed by atoms with van der Waals surface area (Å²) in [5.74, 6) is -3.71. The molecule has 2 atom stereocenters. The minimum atomic E-state index is -3.13. The minimum absolute atomic E-state index is 0.223. The van der Waals surface area contributed by atoms with Crippen LogP contribution in [0.25, 0.3) is 5.76 Å². The van der Waals surface area contributed by atoms with Crippen LogP contribution < -0.4 is 15.9 Å². The molecule has 6 heteroatoms. The second-order valence-electron chi connectivity index (χ2n) is 9.64. The number of esters is 1. The first-order valence-corrected chi connectivity index (χ1v) is 14.6. The van der Waals surface area contributed by atoms with Gasteiger partial charge in [-0.05, 0) is 55.8 Å². The molecular weight excluding hydrogens is 507 g/mol. The molecule has 2 unspecified atom stereocenters. The molecule has 0 saturated carbocycles. The number of ether oxygens (including phenoxy) is 2. The van der Waals surface area contributed by atoms with Crippen LogP contribution in [-0.4, -0.2) is 35.4 Å². The molecule has 0 radical (unpaired) electrons. The van der Waals surface area contributed by atoms with Crippen molar-refractivity contribution in [1.29, 1.82) is 0 Å². The van der Waals surface area contributed by atoms with Gasteiger partial charge in [-0.25, -0.2) is 4.79 Å². The smallest absolute Gasteiger partial charge is 0.355 e. The van der Waals surface area contributed by atoms with Crippen LogP contribution in [0.2, 0.25) is 0 Å². The molecule has 0 bridgehead atoms. The average molecular weight is 538 g/mol.